The second-order valence-corrected chi connectivity index (χ2v) is 8.59. The van der Waals surface area contributed by atoms with Crippen molar-refractivity contribution in [1.29, 1.82) is 0 Å². The van der Waals surface area contributed by atoms with Gasteiger partial charge in [0.1, 0.15) is 23.9 Å². The van der Waals surface area contributed by atoms with Crippen LogP contribution in [0.25, 0.3) is 11.1 Å². The molecule has 3 aromatic rings. The van der Waals surface area contributed by atoms with Crippen LogP contribution in [0.3, 0.4) is 0 Å². The third kappa shape index (κ3) is 4.52. The summed E-state index contributed by atoms with van der Waals surface area (Å²) in [4.78, 5) is 6.94. The number of hydrogen-bond donors (Lipinski definition) is 2. The number of likely N-dealkylation sites (tertiary alicyclic amines) is 1. The minimum absolute atomic E-state index is 0.183. The van der Waals surface area contributed by atoms with Crippen LogP contribution in [0.15, 0.2) is 60.8 Å². The van der Waals surface area contributed by atoms with E-state index >= 15 is 0 Å². The fourth-order valence-corrected chi connectivity index (χ4v) is 4.64. The monoisotopic (exact) mass is 444 g/mol. The lowest BCUT2D eigenvalue weighted by molar-refractivity contribution is 0.231. The normalized spacial score (nSPS) is 18.2. The predicted molar refractivity (Wildman–Crippen MR) is 127 cm³/mol. The van der Waals surface area contributed by atoms with Crippen molar-refractivity contribution in [2.24, 2.45) is 0 Å². The number of hydrogen-bond acceptors (Lipinski definition) is 6. The van der Waals surface area contributed by atoms with Gasteiger partial charge in [-0.05, 0) is 80.4 Å². The molecule has 5 rings (SSSR count). The van der Waals surface area contributed by atoms with Crippen LogP contribution in [-0.4, -0.2) is 46.3 Å². The fraction of sp³-hybridized carbons (Fsp3) is 0.296. The Morgan fingerprint density at radius 2 is 1.85 bits per heavy atom. The Hall–Kier alpha value is -3.51. The van der Waals surface area contributed by atoms with Gasteiger partial charge in [0, 0.05) is 35.5 Å². The smallest absolute Gasteiger partial charge is 0.213 e. The van der Waals surface area contributed by atoms with Crippen molar-refractivity contribution in [1.82, 2.24) is 9.88 Å². The Labute approximate surface area is 193 Å². The summed E-state index contributed by atoms with van der Waals surface area (Å²) in [5, 5.41) is 20.1. The summed E-state index contributed by atoms with van der Waals surface area (Å²) < 4.78 is 12.3. The summed E-state index contributed by atoms with van der Waals surface area (Å²) in [6, 6.07) is 16.1. The molecule has 0 saturated carbocycles. The van der Waals surface area contributed by atoms with Gasteiger partial charge < -0.3 is 19.7 Å². The molecule has 0 aliphatic carbocycles. The van der Waals surface area contributed by atoms with Crippen LogP contribution in [0.1, 0.15) is 42.6 Å². The Morgan fingerprint density at radius 1 is 1.03 bits per heavy atom. The fourth-order valence-electron chi connectivity index (χ4n) is 4.64. The Morgan fingerprint density at radius 3 is 2.61 bits per heavy atom. The van der Waals surface area contributed by atoms with E-state index in [-0.39, 0.29) is 11.5 Å². The summed E-state index contributed by atoms with van der Waals surface area (Å²) >= 11 is 0. The van der Waals surface area contributed by atoms with Gasteiger partial charge in [-0.25, -0.2) is 4.98 Å². The first-order valence-corrected chi connectivity index (χ1v) is 11.4. The molecule has 0 bridgehead atoms. The van der Waals surface area contributed by atoms with Crippen molar-refractivity contribution in [3.8, 4) is 23.1 Å². The summed E-state index contributed by atoms with van der Waals surface area (Å²) in [5.74, 6) is 1.67. The van der Waals surface area contributed by atoms with E-state index < -0.39 is 6.10 Å². The standard InChI is InChI=1S/C27H28N2O4/c1-18-23-16-22(31)8-9-24(23)33-27(26(18)19-5-4-6-21(30)15-19)20-7-10-25(28-17-20)32-14-13-29-11-2-3-12-29/h4-10,15-17,27,30-31H,2-3,11-14H2,1H3. The molecule has 1 saturated heterocycles. The minimum atomic E-state index is -0.407. The number of phenols is 2. The average molecular weight is 445 g/mol. The van der Waals surface area contributed by atoms with Crippen LogP contribution in [0.4, 0.5) is 0 Å². The Bertz CT molecular complexity index is 1170. The maximum atomic E-state index is 10.1. The Balaban J connectivity index is 1.43. The van der Waals surface area contributed by atoms with Gasteiger partial charge in [0.25, 0.3) is 0 Å². The van der Waals surface area contributed by atoms with Crippen molar-refractivity contribution in [2.75, 3.05) is 26.2 Å². The van der Waals surface area contributed by atoms with E-state index in [0.29, 0.717) is 18.2 Å². The largest absolute Gasteiger partial charge is 0.508 e. The first-order chi connectivity index (χ1) is 16.1. The lowest BCUT2D eigenvalue weighted by Crippen LogP contribution is -2.25. The molecule has 33 heavy (non-hydrogen) atoms. The molecule has 6 heteroatoms. The second-order valence-electron chi connectivity index (χ2n) is 8.59. The van der Waals surface area contributed by atoms with E-state index in [1.807, 2.05) is 31.2 Å². The predicted octanol–water partition coefficient (Wildman–Crippen LogP) is 5.03. The molecule has 3 heterocycles. The molecule has 1 fully saturated rings. The van der Waals surface area contributed by atoms with Crippen LogP contribution >= 0.6 is 0 Å². The topological polar surface area (TPSA) is 75.1 Å². The van der Waals surface area contributed by atoms with Gasteiger partial charge in [0.05, 0.1) is 0 Å². The lowest BCUT2D eigenvalue weighted by atomic mass is 9.86. The van der Waals surface area contributed by atoms with Crippen LogP contribution in [0, 0.1) is 0 Å². The molecule has 1 aromatic heterocycles. The first kappa shape index (κ1) is 21.3. The molecule has 2 N–H and O–H groups in total. The number of fused-ring (bicyclic) bond motifs is 1. The number of nitrogens with zero attached hydrogens (tertiary/aromatic N) is 2. The van der Waals surface area contributed by atoms with Crippen molar-refractivity contribution < 1.29 is 19.7 Å². The number of pyridine rings is 1. The lowest BCUT2D eigenvalue weighted by Gasteiger charge is -2.31. The van der Waals surface area contributed by atoms with E-state index in [2.05, 4.69) is 9.88 Å². The zero-order valence-corrected chi connectivity index (χ0v) is 18.7. The van der Waals surface area contributed by atoms with Gasteiger partial charge in [0.2, 0.25) is 5.88 Å². The molecule has 6 nitrogen and oxygen atoms in total. The highest BCUT2D eigenvalue weighted by atomic mass is 16.5. The van der Waals surface area contributed by atoms with Crippen molar-refractivity contribution >= 4 is 11.1 Å². The van der Waals surface area contributed by atoms with Crippen LogP contribution in [0.5, 0.6) is 23.1 Å². The van der Waals surface area contributed by atoms with Gasteiger partial charge in [-0.1, -0.05) is 12.1 Å². The number of phenolic OH excluding ortho intramolecular Hbond substituents is 2. The Kier molecular flexibility index (Phi) is 5.92. The first-order valence-electron chi connectivity index (χ1n) is 11.4. The number of aromatic hydroxyl groups is 2. The average Bonchev–Trinajstić information content (AvgIpc) is 3.33. The number of ether oxygens (including phenoxy) is 2. The zero-order valence-electron chi connectivity index (χ0n) is 18.7. The van der Waals surface area contributed by atoms with Gasteiger partial charge in [-0.2, -0.15) is 0 Å². The third-order valence-corrected chi connectivity index (χ3v) is 6.35. The molecule has 2 aromatic carbocycles. The highest BCUT2D eigenvalue weighted by molar-refractivity contribution is 5.95. The molecule has 0 radical (unpaired) electrons. The summed E-state index contributed by atoms with van der Waals surface area (Å²) in [6.45, 7) is 5.85. The number of allylic oxidation sites excluding steroid dienone is 1. The van der Waals surface area contributed by atoms with E-state index in [1.54, 1.807) is 36.5 Å². The highest BCUT2D eigenvalue weighted by Crippen LogP contribution is 2.47. The maximum Gasteiger partial charge on any atom is 0.213 e. The quantitative estimate of drug-likeness (QED) is 0.555. The number of aromatic nitrogens is 1. The van der Waals surface area contributed by atoms with Gasteiger partial charge >= 0.3 is 0 Å². The number of benzene rings is 2. The van der Waals surface area contributed by atoms with Gasteiger partial charge in [-0.15, -0.1) is 0 Å². The summed E-state index contributed by atoms with van der Waals surface area (Å²) in [6.07, 6.45) is 3.92. The molecular formula is C27H28N2O4. The van der Waals surface area contributed by atoms with E-state index in [9.17, 15) is 10.2 Å². The molecule has 0 spiro atoms. The van der Waals surface area contributed by atoms with Crippen LogP contribution < -0.4 is 9.47 Å². The maximum absolute atomic E-state index is 10.1. The van der Waals surface area contributed by atoms with E-state index in [1.165, 1.54) is 12.8 Å². The highest BCUT2D eigenvalue weighted by Gasteiger charge is 2.30. The molecular weight excluding hydrogens is 416 g/mol. The molecule has 0 amide bonds. The third-order valence-electron chi connectivity index (χ3n) is 6.35. The summed E-state index contributed by atoms with van der Waals surface area (Å²) in [7, 11) is 0. The van der Waals surface area contributed by atoms with Gasteiger partial charge in [0.15, 0.2) is 6.10 Å². The molecule has 2 aliphatic heterocycles. The second kappa shape index (κ2) is 9.16. The zero-order chi connectivity index (χ0) is 22.8. The van der Waals surface area contributed by atoms with Crippen LogP contribution in [-0.2, 0) is 0 Å². The van der Waals surface area contributed by atoms with Crippen LogP contribution in [0.2, 0.25) is 0 Å². The van der Waals surface area contributed by atoms with E-state index in [0.717, 1.165) is 47.5 Å². The van der Waals surface area contributed by atoms with Crippen molar-refractivity contribution in [3.05, 3.63) is 77.5 Å². The SMILES string of the molecule is CC1=C(c2cccc(O)c2)C(c2ccc(OCCN3CCCC3)nc2)Oc2ccc(O)cc21. The minimum Gasteiger partial charge on any atom is -0.508 e. The van der Waals surface area contributed by atoms with Gasteiger partial charge in [-0.3, -0.25) is 4.90 Å². The molecule has 1 unspecified atom stereocenters. The van der Waals surface area contributed by atoms with Crippen molar-refractivity contribution in [3.63, 3.8) is 0 Å². The van der Waals surface area contributed by atoms with E-state index in [4.69, 9.17) is 9.47 Å². The molecule has 2 aliphatic rings. The summed E-state index contributed by atoms with van der Waals surface area (Å²) in [5.41, 5.74) is 4.48. The molecule has 170 valence electrons. The molecule has 1 atom stereocenters. The van der Waals surface area contributed by atoms with Crippen molar-refractivity contribution in [2.45, 2.75) is 25.9 Å². The number of rotatable bonds is 6.